The second kappa shape index (κ2) is 6.10. The van der Waals surface area contributed by atoms with Gasteiger partial charge in [-0.3, -0.25) is 15.1 Å². The van der Waals surface area contributed by atoms with E-state index in [1.54, 1.807) is 18.5 Å². The van der Waals surface area contributed by atoms with Gasteiger partial charge in [0, 0.05) is 18.5 Å². The number of nitrogens with zero attached hydrogens (tertiary/aromatic N) is 3. The van der Waals surface area contributed by atoms with Crippen molar-refractivity contribution < 1.29 is 9.53 Å². The van der Waals surface area contributed by atoms with E-state index in [1.807, 2.05) is 6.07 Å². The Hall–Kier alpha value is -2.21. The largest absolute Gasteiger partial charge is 0.481 e. The Labute approximate surface area is 114 Å². The number of aromatic nitrogens is 3. The average Bonchev–Trinajstić information content (AvgIpc) is 2.38. The number of nitrogens with one attached hydrogen (secondary N) is 1. The van der Waals surface area contributed by atoms with Gasteiger partial charge in [-0.15, -0.1) is 0 Å². The first-order valence-electron chi connectivity index (χ1n) is 5.44. The molecule has 7 heteroatoms. The molecule has 2 heterocycles. The molecule has 19 heavy (non-hydrogen) atoms. The summed E-state index contributed by atoms with van der Waals surface area (Å²) < 4.78 is 4.94. The second-order valence-electron chi connectivity index (χ2n) is 3.64. The van der Waals surface area contributed by atoms with Crippen molar-refractivity contribution >= 4 is 23.5 Å². The van der Waals surface area contributed by atoms with Gasteiger partial charge < -0.3 is 4.74 Å². The maximum absolute atomic E-state index is 11.8. The Balaban J connectivity index is 2.05. The summed E-state index contributed by atoms with van der Waals surface area (Å²) in [6, 6.07) is 5.03. The van der Waals surface area contributed by atoms with Crippen LogP contribution >= 0.6 is 11.6 Å². The average molecular weight is 279 g/mol. The standard InChI is InChI=1S/C12H11ClN4O2/c1-19-11-6-9(13)15-12(17-11)16-10(18)5-8-3-2-4-14-7-8/h2-4,6-7H,5H2,1H3,(H,15,16,17,18). The zero-order valence-electron chi connectivity index (χ0n) is 10.1. The summed E-state index contributed by atoms with van der Waals surface area (Å²) >= 11 is 5.78. The molecule has 0 aliphatic carbocycles. The number of carbonyl (C=O) groups is 1. The molecule has 2 aromatic heterocycles. The topological polar surface area (TPSA) is 77.0 Å². The minimum absolute atomic E-state index is 0.109. The molecule has 0 radical (unpaired) electrons. The summed E-state index contributed by atoms with van der Waals surface area (Å²) in [6.45, 7) is 0. The number of hydrogen-bond acceptors (Lipinski definition) is 5. The number of pyridine rings is 1. The van der Waals surface area contributed by atoms with Gasteiger partial charge in [0.05, 0.1) is 13.5 Å². The number of methoxy groups -OCH3 is 1. The predicted octanol–water partition coefficient (Wildman–Crippen LogP) is 1.71. The zero-order valence-corrected chi connectivity index (χ0v) is 10.9. The maximum atomic E-state index is 11.8. The van der Waals surface area contributed by atoms with E-state index in [-0.39, 0.29) is 29.3 Å². The van der Waals surface area contributed by atoms with Crippen LogP contribution in [0.15, 0.2) is 30.6 Å². The van der Waals surface area contributed by atoms with Gasteiger partial charge in [-0.2, -0.15) is 4.98 Å². The van der Waals surface area contributed by atoms with E-state index in [1.165, 1.54) is 13.2 Å². The van der Waals surface area contributed by atoms with Gasteiger partial charge in [0.1, 0.15) is 5.15 Å². The molecule has 0 unspecified atom stereocenters. The molecule has 98 valence electrons. The first kappa shape index (κ1) is 13.2. The fourth-order valence-corrected chi connectivity index (χ4v) is 1.59. The van der Waals surface area contributed by atoms with E-state index >= 15 is 0 Å². The predicted molar refractivity (Wildman–Crippen MR) is 70.2 cm³/mol. The van der Waals surface area contributed by atoms with Crippen LogP contribution in [0.3, 0.4) is 0 Å². The van der Waals surface area contributed by atoms with Crippen molar-refractivity contribution in [2.75, 3.05) is 12.4 Å². The van der Waals surface area contributed by atoms with Crippen LogP contribution in [0.1, 0.15) is 5.56 Å². The van der Waals surface area contributed by atoms with E-state index in [0.29, 0.717) is 0 Å². The monoisotopic (exact) mass is 278 g/mol. The lowest BCUT2D eigenvalue weighted by molar-refractivity contribution is -0.115. The van der Waals surface area contributed by atoms with Crippen molar-refractivity contribution in [2.24, 2.45) is 0 Å². The Kier molecular flexibility index (Phi) is 4.25. The summed E-state index contributed by atoms with van der Waals surface area (Å²) in [5.41, 5.74) is 0.800. The van der Waals surface area contributed by atoms with Gasteiger partial charge in [0.25, 0.3) is 0 Å². The van der Waals surface area contributed by atoms with Crippen LogP contribution in [0.25, 0.3) is 0 Å². The third-order valence-corrected chi connectivity index (χ3v) is 2.41. The maximum Gasteiger partial charge on any atom is 0.234 e. The molecule has 0 saturated heterocycles. The van der Waals surface area contributed by atoms with E-state index < -0.39 is 0 Å². The fourth-order valence-electron chi connectivity index (χ4n) is 1.41. The summed E-state index contributed by atoms with van der Waals surface area (Å²) in [7, 11) is 1.46. The number of ether oxygens (including phenoxy) is 1. The van der Waals surface area contributed by atoms with Crippen LogP contribution in [0, 0.1) is 0 Å². The van der Waals surface area contributed by atoms with Crippen molar-refractivity contribution in [3.05, 3.63) is 41.3 Å². The van der Waals surface area contributed by atoms with Crippen LogP contribution in [-0.2, 0) is 11.2 Å². The Morgan fingerprint density at radius 1 is 1.47 bits per heavy atom. The fraction of sp³-hybridized carbons (Fsp3) is 0.167. The highest BCUT2D eigenvalue weighted by molar-refractivity contribution is 6.29. The van der Waals surface area contributed by atoms with Crippen LogP contribution in [-0.4, -0.2) is 28.0 Å². The molecule has 0 aromatic carbocycles. The van der Waals surface area contributed by atoms with Crippen molar-refractivity contribution in [3.8, 4) is 5.88 Å². The highest BCUT2D eigenvalue weighted by Crippen LogP contribution is 2.15. The molecule has 0 saturated carbocycles. The van der Waals surface area contributed by atoms with E-state index in [4.69, 9.17) is 16.3 Å². The summed E-state index contributed by atoms with van der Waals surface area (Å²) in [6.07, 6.45) is 3.46. The van der Waals surface area contributed by atoms with Crippen LogP contribution < -0.4 is 10.1 Å². The minimum atomic E-state index is -0.252. The third-order valence-electron chi connectivity index (χ3n) is 2.22. The van der Waals surface area contributed by atoms with Gasteiger partial charge in [0.2, 0.25) is 17.7 Å². The molecule has 6 nitrogen and oxygen atoms in total. The molecule has 2 rings (SSSR count). The van der Waals surface area contributed by atoms with E-state index in [0.717, 1.165) is 5.56 Å². The third kappa shape index (κ3) is 3.89. The number of amides is 1. The van der Waals surface area contributed by atoms with Crippen molar-refractivity contribution in [1.29, 1.82) is 0 Å². The SMILES string of the molecule is COc1cc(Cl)nc(NC(=O)Cc2cccnc2)n1. The molecule has 0 bridgehead atoms. The minimum Gasteiger partial charge on any atom is -0.481 e. The summed E-state index contributed by atoms with van der Waals surface area (Å²) in [5, 5.41) is 2.75. The Morgan fingerprint density at radius 3 is 3.00 bits per heavy atom. The van der Waals surface area contributed by atoms with Gasteiger partial charge in [-0.25, -0.2) is 4.98 Å². The quantitative estimate of drug-likeness (QED) is 0.862. The number of carbonyl (C=O) groups excluding carboxylic acids is 1. The molecule has 0 atom stereocenters. The van der Waals surface area contributed by atoms with Gasteiger partial charge in [-0.05, 0) is 11.6 Å². The highest BCUT2D eigenvalue weighted by atomic mass is 35.5. The first-order valence-corrected chi connectivity index (χ1v) is 5.82. The zero-order chi connectivity index (χ0) is 13.7. The van der Waals surface area contributed by atoms with Gasteiger partial charge in [0.15, 0.2) is 0 Å². The molecular weight excluding hydrogens is 268 g/mol. The van der Waals surface area contributed by atoms with E-state index in [9.17, 15) is 4.79 Å². The molecule has 0 spiro atoms. The van der Waals surface area contributed by atoms with E-state index in [2.05, 4.69) is 20.3 Å². The van der Waals surface area contributed by atoms with Gasteiger partial charge in [-0.1, -0.05) is 17.7 Å². The lowest BCUT2D eigenvalue weighted by Gasteiger charge is -2.05. The Morgan fingerprint density at radius 2 is 2.32 bits per heavy atom. The number of anilines is 1. The molecule has 0 fully saturated rings. The lowest BCUT2D eigenvalue weighted by Crippen LogP contribution is -2.16. The lowest BCUT2D eigenvalue weighted by atomic mass is 10.2. The summed E-state index contributed by atoms with van der Waals surface area (Å²) in [5.74, 6) is 0.146. The normalized spacial score (nSPS) is 10.0. The molecule has 1 amide bonds. The van der Waals surface area contributed by atoms with Crippen LogP contribution in [0.4, 0.5) is 5.95 Å². The molecule has 2 aromatic rings. The molecule has 0 aliphatic heterocycles. The second-order valence-corrected chi connectivity index (χ2v) is 4.03. The molecular formula is C12H11ClN4O2. The Bertz CT molecular complexity index is 577. The van der Waals surface area contributed by atoms with Crippen LogP contribution in [0.2, 0.25) is 5.15 Å². The molecule has 0 aliphatic rings. The highest BCUT2D eigenvalue weighted by Gasteiger charge is 2.08. The van der Waals surface area contributed by atoms with Gasteiger partial charge >= 0.3 is 0 Å². The first-order chi connectivity index (χ1) is 9.17. The molecule has 1 N–H and O–H groups in total. The van der Waals surface area contributed by atoms with Crippen LogP contribution in [0.5, 0.6) is 5.88 Å². The van der Waals surface area contributed by atoms with Crippen molar-refractivity contribution in [2.45, 2.75) is 6.42 Å². The number of halogens is 1. The van der Waals surface area contributed by atoms with Crippen molar-refractivity contribution in [3.63, 3.8) is 0 Å². The number of hydrogen-bond donors (Lipinski definition) is 1. The smallest absolute Gasteiger partial charge is 0.234 e. The summed E-state index contributed by atoms with van der Waals surface area (Å²) in [4.78, 5) is 23.6. The van der Waals surface area contributed by atoms with Crippen molar-refractivity contribution in [1.82, 2.24) is 15.0 Å². The number of rotatable bonds is 4.